The number of hydrogen-bond donors (Lipinski definition) is 2. The van der Waals surface area contributed by atoms with Crippen molar-refractivity contribution in [2.75, 3.05) is 27.7 Å². The summed E-state index contributed by atoms with van der Waals surface area (Å²) in [6.45, 7) is 6.21. The van der Waals surface area contributed by atoms with Crippen molar-refractivity contribution < 1.29 is 33.4 Å². The van der Waals surface area contributed by atoms with Crippen molar-refractivity contribution in [3.8, 4) is 0 Å². The number of aromatic nitrogens is 1. The number of hydrogen-bond acceptors (Lipinski definition) is 10. The van der Waals surface area contributed by atoms with E-state index >= 15 is 0 Å². The van der Waals surface area contributed by atoms with Crippen LogP contribution in [-0.2, 0) is 28.7 Å². The SMILES string of the molecule is COC(=O)C12CC(NC(=O)c3csc(C(CC(C(C)C)N(C)C(=O)C(NC(=O)[C@H]4CCCCN4C)C4CC4)OC(C)=O)n3)(C1)C2. The number of amides is 3. The van der Waals surface area contributed by atoms with Crippen molar-refractivity contribution in [1.29, 1.82) is 0 Å². The number of likely N-dealkylation sites (tertiary alicyclic amines) is 1. The first-order chi connectivity index (χ1) is 21.3. The van der Waals surface area contributed by atoms with Crippen molar-refractivity contribution >= 4 is 41.0 Å². The average Bonchev–Trinajstić information content (AvgIpc) is 3.68. The Kier molecular flexibility index (Phi) is 9.61. The highest BCUT2D eigenvalue weighted by atomic mass is 32.1. The second kappa shape index (κ2) is 13.0. The summed E-state index contributed by atoms with van der Waals surface area (Å²) in [5, 5.41) is 8.24. The molecule has 3 amide bonds. The van der Waals surface area contributed by atoms with E-state index < -0.39 is 29.1 Å². The van der Waals surface area contributed by atoms with Gasteiger partial charge in [0, 0.05) is 37.4 Å². The van der Waals surface area contributed by atoms with Crippen molar-refractivity contribution in [1.82, 2.24) is 25.4 Å². The molecule has 5 fully saturated rings. The number of carbonyl (C=O) groups excluding carboxylic acids is 5. The summed E-state index contributed by atoms with van der Waals surface area (Å²) in [7, 11) is 5.08. The summed E-state index contributed by atoms with van der Waals surface area (Å²) in [6, 6.07) is -1.15. The van der Waals surface area contributed by atoms with Crippen LogP contribution in [0.15, 0.2) is 5.38 Å². The van der Waals surface area contributed by atoms with E-state index in [-0.39, 0.29) is 59.7 Å². The molecule has 2 heterocycles. The third kappa shape index (κ3) is 6.89. The number of nitrogens with zero attached hydrogens (tertiary/aromatic N) is 3. The van der Waals surface area contributed by atoms with Gasteiger partial charge in [-0.3, -0.25) is 28.9 Å². The zero-order valence-corrected chi connectivity index (χ0v) is 28.0. The predicted molar refractivity (Wildman–Crippen MR) is 166 cm³/mol. The van der Waals surface area contributed by atoms with Crippen LogP contribution in [0.25, 0.3) is 0 Å². The van der Waals surface area contributed by atoms with Crippen molar-refractivity contribution in [2.24, 2.45) is 17.3 Å². The van der Waals surface area contributed by atoms with Crippen molar-refractivity contribution in [3.05, 3.63) is 16.1 Å². The molecule has 2 N–H and O–H groups in total. The fraction of sp³-hybridized carbons (Fsp3) is 0.750. The maximum absolute atomic E-state index is 14.0. The molecule has 1 aromatic rings. The molecule has 0 spiro atoms. The molecule has 3 unspecified atom stereocenters. The molecule has 248 valence electrons. The van der Waals surface area contributed by atoms with Gasteiger partial charge < -0.3 is 25.0 Å². The summed E-state index contributed by atoms with van der Waals surface area (Å²) < 4.78 is 10.6. The van der Waals surface area contributed by atoms with Gasteiger partial charge in [-0.2, -0.15) is 0 Å². The average molecular weight is 646 g/mol. The topological polar surface area (TPSA) is 147 Å². The lowest BCUT2D eigenvalue weighted by Crippen LogP contribution is -2.77. The second-order valence-corrected chi connectivity index (χ2v) is 14.9. The van der Waals surface area contributed by atoms with Crippen LogP contribution < -0.4 is 10.6 Å². The molecule has 4 atom stereocenters. The first kappa shape index (κ1) is 33.3. The van der Waals surface area contributed by atoms with Gasteiger partial charge in [-0.1, -0.05) is 20.3 Å². The lowest BCUT2D eigenvalue weighted by Gasteiger charge is -2.68. The van der Waals surface area contributed by atoms with Gasteiger partial charge in [-0.15, -0.1) is 11.3 Å². The van der Waals surface area contributed by atoms with Crippen molar-refractivity contribution in [2.45, 2.75) is 108 Å². The van der Waals surface area contributed by atoms with Gasteiger partial charge in [0.2, 0.25) is 11.8 Å². The first-order valence-corrected chi connectivity index (χ1v) is 17.0. The normalized spacial score (nSPS) is 27.7. The molecule has 12 nitrogen and oxygen atoms in total. The van der Waals surface area contributed by atoms with E-state index in [4.69, 9.17) is 9.47 Å². The standard InChI is InChI=1S/C32H47N5O7S/c1-18(2)23(37(5)29(41)25(20-10-11-20)34-27(40)22-9-7-8-12-36(22)4)13-24(44-19(3)38)28-33-21(14-45-28)26(39)35-32-15-31(16-32,17-32)30(42)43-6/h14,18,20,22-25H,7-13,15-17H2,1-6H3,(H,34,40)(H,35,39)/t22-,23?,24?,25?,31?,32?/m1/s1. The smallest absolute Gasteiger partial charge is 0.312 e. The number of methoxy groups -OCH3 is 1. The quantitative estimate of drug-likeness (QED) is 0.309. The largest absolute Gasteiger partial charge is 0.469 e. The summed E-state index contributed by atoms with van der Waals surface area (Å²) >= 11 is 1.23. The summed E-state index contributed by atoms with van der Waals surface area (Å²) in [5.74, 6) is -1.18. The molecule has 0 radical (unpaired) electrons. The Morgan fingerprint density at radius 1 is 1.13 bits per heavy atom. The van der Waals surface area contributed by atoms with E-state index in [1.807, 2.05) is 20.9 Å². The highest BCUT2D eigenvalue weighted by Crippen LogP contribution is 2.67. The van der Waals surface area contributed by atoms with Gasteiger partial charge in [0.15, 0.2) is 6.10 Å². The highest BCUT2D eigenvalue weighted by molar-refractivity contribution is 7.09. The zero-order chi connectivity index (χ0) is 32.7. The van der Waals surface area contributed by atoms with E-state index in [0.717, 1.165) is 38.6 Å². The lowest BCUT2D eigenvalue weighted by molar-refractivity contribution is -0.199. The van der Waals surface area contributed by atoms with Gasteiger partial charge in [0.1, 0.15) is 16.7 Å². The maximum Gasteiger partial charge on any atom is 0.312 e. The summed E-state index contributed by atoms with van der Waals surface area (Å²) in [5.41, 5.74) is -0.659. The van der Waals surface area contributed by atoms with E-state index in [1.54, 1.807) is 17.3 Å². The van der Waals surface area contributed by atoms with E-state index in [0.29, 0.717) is 24.3 Å². The fourth-order valence-corrected chi connectivity index (χ4v) is 8.38. The van der Waals surface area contributed by atoms with Crippen LogP contribution in [0.3, 0.4) is 0 Å². The molecule has 5 aliphatic rings. The number of ether oxygens (including phenoxy) is 2. The molecule has 2 bridgehead atoms. The monoisotopic (exact) mass is 645 g/mol. The minimum atomic E-state index is -0.765. The van der Waals surface area contributed by atoms with Crippen LogP contribution in [0.5, 0.6) is 0 Å². The van der Waals surface area contributed by atoms with Crippen LogP contribution in [0.4, 0.5) is 0 Å². The first-order valence-electron chi connectivity index (χ1n) is 16.1. The van der Waals surface area contributed by atoms with Gasteiger partial charge >= 0.3 is 11.9 Å². The molecule has 45 heavy (non-hydrogen) atoms. The van der Waals surface area contributed by atoms with Gasteiger partial charge in [-0.05, 0) is 70.4 Å². The Morgan fingerprint density at radius 3 is 2.40 bits per heavy atom. The minimum absolute atomic E-state index is 0.00572. The van der Waals surface area contributed by atoms with Crippen LogP contribution >= 0.6 is 11.3 Å². The van der Waals surface area contributed by atoms with E-state index in [1.165, 1.54) is 25.4 Å². The number of esters is 2. The Morgan fingerprint density at radius 2 is 1.82 bits per heavy atom. The lowest BCUT2D eigenvalue weighted by atomic mass is 9.39. The van der Waals surface area contributed by atoms with Gasteiger partial charge in [0.05, 0.1) is 18.6 Å². The number of carbonyl (C=O) groups is 5. The number of rotatable bonds is 13. The van der Waals surface area contributed by atoms with E-state index in [9.17, 15) is 24.0 Å². The number of nitrogens with one attached hydrogen (secondary N) is 2. The summed E-state index contributed by atoms with van der Waals surface area (Å²) in [6.07, 6.45) is 5.82. The third-order valence-electron chi connectivity index (χ3n) is 10.2. The van der Waals surface area contributed by atoms with Crippen molar-refractivity contribution in [3.63, 3.8) is 0 Å². The predicted octanol–water partition coefficient (Wildman–Crippen LogP) is 2.83. The second-order valence-electron chi connectivity index (χ2n) is 14.0. The number of piperidine rings is 1. The zero-order valence-electron chi connectivity index (χ0n) is 27.2. The summed E-state index contributed by atoms with van der Waals surface area (Å²) in [4.78, 5) is 72.8. The molecule has 1 saturated heterocycles. The van der Waals surface area contributed by atoms with Crippen LogP contribution in [-0.4, -0.2) is 95.9 Å². The molecule has 13 heteroatoms. The molecular formula is C32H47N5O7S. The Labute approximate surface area is 269 Å². The number of thiazole rings is 1. The number of likely N-dealkylation sites (N-methyl/N-ethyl adjacent to an activating group) is 2. The van der Waals surface area contributed by atoms with Crippen LogP contribution in [0.2, 0.25) is 0 Å². The minimum Gasteiger partial charge on any atom is -0.469 e. The molecule has 6 rings (SSSR count). The highest BCUT2D eigenvalue weighted by Gasteiger charge is 2.73. The Hall–Kier alpha value is -3.06. The van der Waals surface area contributed by atoms with E-state index in [2.05, 4.69) is 20.5 Å². The molecule has 4 aliphatic carbocycles. The van der Waals surface area contributed by atoms with Crippen LogP contribution in [0.1, 0.15) is 100 Å². The van der Waals surface area contributed by atoms with Gasteiger partial charge in [0.25, 0.3) is 5.91 Å². The molecular weight excluding hydrogens is 598 g/mol. The molecule has 4 saturated carbocycles. The Bertz CT molecular complexity index is 1310. The Balaban J connectivity index is 1.25. The fourth-order valence-electron chi connectivity index (χ4n) is 7.54. The maximum atomic E-state index is 14.0. The molecule has 1 aromatic heterocycles. The van der Waals surface area contributed by atoms with Gasteiger partial charge in [-0.25, -0.2) is 4.98 Å². The molecule has 0 aromatic carbocycles. The van der Waals surface area contributed by atoms with Crippen LogP contribution in [0, 0.1) is 17.3 Å². The third-order valence-corrected chi connectivity index (χ3v) is 11.1. The molecule has 1 aliphatic heterocycles.